The third-order valence-electron chi connectivity index (χ3n) is 11.1. The van der Waals surface area contributed by atoms with Gasteiger partial charge in [0.15, 0.2) is 0 Å². The van der Waals surface area contributed by atoms with Crippen molar-refractivity contribution in [1.82, 2.24) is 13.7 Å². The predicted octanol–water partition coefficient (Wildman–Crippen LogP) is 12.9. The van der Waals surface area contributed by atoms with Crippen molar-refractivity contribution in [2.75, 3.05) is 0 Å². The number of hydrogen-bond acceptors (Lipinski definition) is 0. The van der Waals surface area contributed by atoms with E-state index >= 15 is 0 Å². The van der Waals surface area contributed by atoms with Crippen LogP contribution < -0.4 is 0 Å². The smallest absolute Gasteiger partial charge is 0.0561 e. The summed E-state index contributed by atoms with van der Waals surface area (Å²) in [5.74, 6) is 0. The maximum atomic E-state index is 2.45. The lowest BCUT2D eigenvalue weighted by Gasteiger charge is -2.12. The molecule has 0 bridgehead atoms. The Morgan fingerprint density at radius 2 is 0.692 bits per heavy atom. The van der Waals surface area contributed by atoms with Gasteiger partial charge in [0.2, 0.25) is 0 Å². The number of rotatable bonds is 4. The van der Waals surface area contributed by atoms with Gasteiger partial charge in [-0.1, -0.05) is 121 Å². The second kappa shape index (κ2) is 11.1. The number of para-hydroxylation sites is 2. The quantitative estimate of drug-likeness (QED) is 0.178. The molecule has 3 heterocycles. The van der Waals surface area contributed by atoms with Gasteiger partial charge in [-0.15, -0.1) is 0 Å². The lowest BCUT2D eigenvalue weighted by molar-refractivity contribution is 1.01. The van der Waals surface area contributed by atoms with Gasteiger partial charge in [0, 0.05) is 56.3 Å². The van der Waals surface area contributed by atoms with Crippen LogP contribution in [0.2, 0.25) is 0 Å². The van der Waals surface area contributed by atoms with E-state index in [1.165, 1.54) is 87.7 Å². The van der Waals surface area contributed by atoms with Gasteiger partial charge in [-0.3, -0.25) is 0 Å². The van der Waals surface area contributed by atoms with Crippen LogP contribution in [0.4, 0.5) is 0 Å². The first-order valence-electron chi connectivity index (χ1n) is 17.9. The molecular formula is C49H33N3. The summed E-state index contributed by atoms with van der Waals surface area (Å²) < 4.78 is 7.21. The topological polar surface area (TPSA) is 14.8 Å². The third-order valence-corrected chi connectivity index (χ3v) is 11.1. The summed E-state index contributed by atoms with van der Waals surface area (Å²) in [6.07, 6.45) is 0. The van der Waals surface area contributed by atoms with Crippen LogP contribution >= 0.6 is 0 Å². The Balaban J connectivity index is 1.18. The third kappa shape index (κ3) is 4.20. The fourth-order valence-electron chi connectivity index (χ4n) is 8.59. The SMILES string of the molecule is Cn1c2ccccc2c2ccc(-n3c4ccccc4c4ccc(-n5c6ccc(-c7ccccc7)cc6c6cc(-c7ccccc7)ccc65)cc43)cc21. The van der Waals surface area contributed by atoms with Gasteiger partial charge in [0.05, 0.1) is 27.6 Å². The largest absolute Gasteiger partial charge is 0.344 e. The number of benzene rings is 8. The van der Waals surface area contributed by atoms with Crippen LogP contribution in [0.3, 0.4) is 0 Å². The molecule has 0 spiro atoms. The molecule has 11 rings (SSSR count). The predicted molar refractivity (Wildman–Crippen MR) is 220 cm³/mol. The van der Waals surface area contributed by atoms with Crippen LogP contribution in [0.1, 0.15) is 0 Å². The van der Waals surface area contributed by atoms with Crippen LogP contribution in [-0.4, -0.2) is 13.7 Å². The molecule has 0 amide bonds. The van der Waals surface area contributed by atoms with Crippen LogP contribution in [0, 0.1) is 0 Å². The molecule has 52 heavy (non-hydrogen) atoms. The van der Waals surface area contributed by atoms with E-state index < -0.39 is 0 Å². The maximum absolute atomic E-state index is 2.45. The molecule has 0 saturated carbocycles. The normalized spacial score (nSPS) is 11.9. The van der Waals surface area contributed by atoms with Gasteiger partial charge in [0.25, 0.3) is 0 Å². The molecule has 0 unspecified atom stereocenters. The molecule has 0 saturated heterocycles. The molecule has 0 radical (unpaired) electrons. The Hall–Kier alpha value is -6.84. The van der Waals surface area contributed by atoms with Gasteiger partial charge in [-0.25, -0.2) is 0 Å². The van der Waals surface area contributed by atoms with E-state index in [0.717, 1.165) is 11.4 Å². The number of aromatic nitrogens is 3. The van der Waals surface area contributed by atoms with Gasteiger partial charge in [-0.2, -0.15) is 0 Å². The van der Waals surface area contributed by atoms with Crippen molar-refractivity contribution < 1.29 is 0 Å². The van der Waals surface area contributed by atoms with Gasteiger partial charge in [0.1, 0.15) is 0 Å². The highest BCUT2D eigenvalue weighted by Gasteiger charge is 2.19. The Morgan fingerprint density at radius 1 is 0.269 bits per heavy atom. The molecule has 0 atom stereocenters. The zero-order valence-corrected chi connectivity index (χ0v) is 28.7. The fourth-order valence-corrected chi connectivity index (χ4v) is 8.59. The summed E-state index contributed by atoms with van der Waals surface area (Å²) in [4.78, 5) is 0. The van der Waals surface area contributed by atoms with Gasteiger partial charge in [-0.05, 0) is 82.9 Å². The first kappa shape index (κ1) is 28.9. The first-order valence-corrected chi connectivity index (χ1v) is 17.9. The average Bonchev–Trinajstić information content (AvgIpc) is 3.82. The minimum absolute atomic E-state index is 1.14. The molecule has 0 aliphatic heterocycles. The number of hydrogen-bond donors (Lipinski definition) is 0. The van der Waals surface area contributed by atoms with Crippen LogP contribution in [0.25, 0.3) is 99.0 Å². The van der Waals surface area contributed by atoms with Crippen LogP contribution in [-0.2, 0) is 7.05 Å². The summed E-state index contributed by atoms with van der Waals surface area (Å²) in [6.45, 7) is 0. The highest BCUT2D eigenvalue weighted by Crippen LogP contribution is 2.40. The molecule has 3 nitrogen and oxygen atoms in total. The zero-order valence-electron chi connectivity index (χ0n) is 28.7. The molecule has 8 aromatic carbocycles. The lowest BCUT2D eigenvalue weighted by atomic mass is 10.0. The Labute approximate surface area is 300 Å². The standard InChI is InChI=1S/C49H33N3/c1-50-44-18-10-8-16-38(44)40-24-22-36(30-48(40)50)52-45-19-11-9-17-39(45)41-25-23-37(31-49(41)52)51-46-26-20-34(32-12-4-2-5-13-32)28-42(46)43-29-35(21-27-47(43)51)33-14-6-3-7-15-33/h2-31H,1H3. The number of aryl methyl sites for hydroxylation is 1. The Bertz CT molecular complexity index is 3080. The van der Waals surface area contributed by atoms with Crippen molar-refractivity contribution in [3.63, 3.8) is 0 Å². The second-order valence-corrected chi connectivity index (χ2v) is 13.9. The van der Waals surface area contributed by atoms with E-state index in [0.29, 0.717) is 0 Å². The van der Waals surface area contributed by atoms with E-state index in [-0.39, 0.29) is 0 Å². The van der Waals surface area contributed by atoms with E-state index in [1.54, 1.807) is 0 Å². The van der Waals surface area contributed by atoms with Crippen molar-refractivity contribution in [1.29, 1.82) is 0 Å². The zero-order chi connectivity index (χ0) is 34.3. The summed E-state index contributed by atoms with van der Waals surface area (Å²) >= 11 is 0. The molecule has 0 aliphatic rings. The van der Waals surface area contributed by atoms with Crippen molar-refractivity contribution in [2.24, 2.45) is 7.05 Å². The molecule has 11 aromatic rings. The summed E-state index contributed by atoms with van der Waals surface area (Å²) in [6, 6.07) is 66.6. The summed E-state index contributed by atoms with van der Waals surface area (Å²) in [5, 5.41) is 7.55. The lowest BCUT2D eigenvalue weighted by Crippen LogP contribution is -1.97. The monoisotopic (exact) mass is 663 g/mol. The minimum Gasteiger partial charge on any atom is -0.344 e. The van der Waals surface area contributed by atoms with Crippen molar-refractivity contribution in [3.05, 3.63) is 182 Å². The number of nitrogens with zero attached hydrogens (tertiary/aromatic N) is 3. The van der Waals surface area contributed by atoms with Gasteiger partial charge >= 0.3 is 0 Å². The van der Waals surface area contributed by atoms with Crippen LogP contribution in [0.15, 0.2) is 182 Å². The van der Waals surface area contributed by atoms with Crippen molar-refractivity contribution in [3.8, 4) is 33.6 Å². The van der Waals surface area contributed by atoms with E-state index in [2.05, 4.69) is 203 Å². The molecule has 0 fully saturated rings. The van der Waals surface area contributed by atoms with Gasteiger partial charge < -0.3 is 13.7 Å². The Morgan fingerprint density at radius 3 is 1.29 bits per heavy atom. The molecule has 3 heteroatoms. The average molecular weight is 664 g/mol. The molecule has 0 aliphatic carbocycles. The minimum atomic E-state index is 1.14. The summed E-state index contributed by atoms with van der Waals surface area (Å²) in [5.41, 5.74) is 14.4. The highest BCUT2D eigenvalue weighted by molar-refractivity contribution is 6.14. The molecule has 3 aromatic heterocycles. The summed E-state index contributed by atoms with van der Waals surface area (Å²) in [7, 11) is 2.17. The molecule has 0 N–H and O–H groups in total. The number of fused-ring (bicyclic) bond motifs is 9. The van der Waals surface area contributed by atoms with Crippen molar-refractivity contribution in [2.45, 2.75) is 0 Å². The van der Waals surface area contributed by atoms with E-state index in [4.69, 9.17) is 0 Å². The molecular weight excluding hydrogens is 631 g/mol. The Kier molecular flexibility index (Phi) is 6.17. The fraction of sp³-hybridized carbons (Fsp3) is 0.0204. The maximum Gasteiger partial charge on any atom is 0.0561 e. The first-order chi connectivity index (χ1) is 25.7. The van der Waals surface area contributed by atoms with E-state index in [1.807, 2.05) is 0 Å². The van der Waals surface area contributed by atoms with Crippen LogP contribution in [0.5, 0.6) is 0 Å². The second-order valence-electron chi connectivity index (χ2n) is 13.9. The van der Waals surface area contributed by atoms with Crippen molar-refractivity contribution >= 4 is 65.4 Å². The van der Waals surface area contributed by atoms with E-state index in [9.17, 15) is 0 Å². The molecule has 244 valence electrons. The highest BCUT2D eigenvalue weighted by atomic mass is 15.0.